The zero-order chi connectivity index (χ0) is 19.9. The Hall–Kier alpha value is -2.98. The van der Waals surface area contributed by atoms with E-state index in [1.54, 1.807) is 48.8 Å². The molecule has 0 unspecified atom stereocenters. The molecule has 0 bridgehead atoms. The van der Waals surface area contributed by atoms with Crippen LogP contribution in [0.2, 0.25) is 0 Å². The molecule has 0 aliphatic carbocycles. The maximum absolute atomic E-state index is 14.0. The number of hydrogen-bond acceptors (Lipinski definition) is 6. The molecule has 1 aromatic carbocycles. The zero-order valence-electron chi connectivity index (χ0n) is 14.3. The van der Waals surface area contributed by atoms with E-state index in [9.17, 15) is 18.3 Å². The maximum Gasteiger partial charge on any atom is 0.428 e. The standard InChI is InChI=1S/C18H14F3N5OS/c19-18(20,21)17(27,16-25-13-3-1-2-4-14(13)28-16)12-9-24-26(15(12)22)10-11-5-7-23-8-6-11/h1-9,27H,10,22H2/t17-/m0/s1. The minimum Gasteiger partial charge on any atom is -0.384 e. The van der Waals surface area contributed by atoms with Crippen LogP contribution in [-0.2, 0) is 12.1 Å². The van der Waals surface area contributed by atoms with Gasteiger partial charge in [0, 0.05) is 12.4 Å². The number of rotatable bonds is 4. The molecular formula is C18H14F3N5OS. The first-order valence-corrected chi connectivity index (χ1v) is 8.98. The number of nitrogens with zero attached hydrogens (tertiary/aromatic N) is 4. The summed E-state index contributed by atoms with van der Waals surface area (Å²) in [6.45, 7) is 0.141. The molecule has 3 heterocycles. The average Bonchev–Trinajstić information content (AvgIpc) is 3.26. The van der Waals surface area contributed by atoms with Crippen LogP contribution in [0.3, 0.4) is 0 Å². The van der Waals surface area contributed by atoms with Gasteiger partial charge in [-0.25, -0.2) is 9.67 Å². The van der Waals surface area contributed by atoms with Gasteiger partial charge in [-0.3, -0.25) is 4.98 Å². The van der Waals surface area contributed by atoms with Gasteiger partial charge in [0.1, 0.15) is 10.8 Å². The number of halogens is 3. The molecule has 0 aliphatic heterocycles. The summed E-state index contributed by atoms with van der Waals surface area (Å²) >= 11 is 0.766. The van der Waals surface area contributed by atoms with Crippen LogP contribution in [-0.4, -0.2) is 31.0 Å². The smallest absolute Gasteiger partial charge is 0.384 e. The highest BCUT2D eigenvalue weighted by atomic mass is 32.1. The van der Waals surface area contributed by atoms with E-state index in [2.05, 4.69) is 15.1 Å². The van der Waals surface area contributed by atoms with Crippen molar-refractivity contribution in [3.63, 3.8) is 0 Å². The van der Waals surface area contributed by atoms with Crippen molar-refractivity contribution in [1.29, 1.82) is 0 Å². The third-order valence-corrected chi connectivity index (χ3v) is 5.51. The summed E-state index contributed by atoms with van der Waals surface area (Å²) in [6, 6.07) is 9.98. The molecular weight excluding hydrogens is 391 g/mol. The average molecular weight is 405 g/mol. The van der Waals surface area contributed by atoms with Crippen molar-refractivity contribution in [3.05, 3.63) is 71.1 Å². The van der Waals surface area contributed by atoms with E-state index in [-0.39, 0.29) is 12.4 Å². The van der Waals surface area contributed by atoms with Crippen LogP contribution in [0.4, 0.5) is 19.0 Å². The van der Waals surface area contributed by atoms with Crippen molar-refractivity contribution in [1.82, 2.24) is 19.7 Å². The van der Waals surface area contributed by atoms with Crippen LogP contribution in [0.25, 0.3) is 10.2 Å². The Labute approximate surface area is 161 Å². The fraction of sp³-hybridized carbons (Fsp3) is 0.167. The Morgan fingerprint density at radius 3 is 2.50 bits per heavy atom. The minimum absolute atomic E-state index is 0.141. The molecule has 3 N–H and O–H groups in total. The number of nitrogen functional groups attached to an aromatic ring is 1. The molecule has 4 rings (SSSR count). The van der Waals surface area contributed by atoms with Crippen LogP contribution < -0.4 is 5.73 Å². The molecule has 4 aromatic rings. The lowest BCUT2D eigenvalue weighted by Gasteiger charge is -2.28. The Bertz CT molecular complexity index is 1090. The number of nitrogens with two attached hydrogens (primary N) is 1. The van der Waals surface area contributed by atoms with Gasteiger partial charge in [0.15, 0.2) is 0 Å². The van der Waals surface area contributed by atoms with Crippen molar-refractivity contribution in [3.8, 4) is 0 Å². The van der Waals surface area contributed by atoms with Crippen LogP contribution in [0, 0.1) is 0 Å². The van der Waals surface area contributed by atoms with Gasteiger partial charge in [0.25, 0.3) is 0 Å². The minimum atomic E-state index is -5.04. The van der Waals surface area contributed by atoms with Gasteiger partial charge in [0.05, 0.1) is 28.5 Å². The normalized spacial score (nSPS) is 14.3. The highest BCUT2D eigenvalue weighted by Gasteiger charge is 2.60. The second-order valence-electron chi connectivity index (χ2n) is 6.15. The lowest BCUT2D eigenvalue weighted by molar-refractivity contribution is -0.248. The predicted octanol–water partition coefficient (Wildman–Crippen LogP) is 3.32. The van der Waals surface area contributed by atoms with E-state index in [1.807, 2.05) is 0 Å². The van der Waals surface area contributed by atoms with Gasteiger partial charge in [-0.1, -0.05) is 12.1 Å². The van der Waals surface area contributed by atoms with Gasteiger partial charge in [-0.15, -0.1) is 11.3 Å². The third-order valence-electron chi connectivity index (χ3n) is 4.37. The number of aliphatic hydroxyl groups is 1. The Kier molecular flexibility index (Phi) is 4.31. The second-order valence-corrected chi connectivity index (χ2v) is 7.18. The molecule has 0 saturated heterocycles. The van der Waals surface area contributed by atoms with Crippen molar-refractivity contribution < 1.29 is 18.3 Å². The van der Waals surface area contributed by atoms with Crippen LogP contribution >= 0.6 is 11.3 Å². The number of hydrogen-bond donors (Lipinski definition) is 2. The molecule has 10 heteroatoms. The zero-order valence-corrected chi connectivity index (χ0v) is 15.1. The summed E-state index contributed by atoms with van der Waals surface area (Å²) in [6.07, 6.45) is -0.984. The Balaban J connectivity index is 1.83. The van der Waals surface area contributed by atoms with Crippen molar-refractivity contribution in [2.75, 3.05) is 5.73 Å². The number of para-hydroxylation sites is 1. The molecule has 6 nitrogen and oxygen atoms in total. The van der Waals surface area contributed by atoms with Gasteiger partial charge in [0.2, 0.25) is 5.60 Å². The summed E-state index contributed by atoms with van der Waals surface area (Å²) in [5, 5.41) is 14.3. The topological polar surface area (TPSA) is 89.9 Å². The first kappa shape index (κ1) is 18.4. The largest absolute Gasteiger partial charge is 0.428 e. The number of fused-ring (bicyclic) bond motifs is 1. The lowest BCUT2D eigenvalue weighted by Crippen LogP contribution is -2.43. The Morgan fingerprint density at radius 2 is 1.82 bits per heavy atom. The van der Waals surface area contributed by atoms with E-state index in [0.29, 0.717) is 10.2 Å². The fourth-order valence-corrected chi connectivity index (χ4v) is 3.97. The SMILES string of the molecule is Nc1c([C@](O)(c2nc3ccccc3s2)C(F)(F)F)cnn1Cc1ccncc1. The monoisotopic (exact) mass is 405 g/mol. The number of thiazole rings is 1. The number of benzene rings is 1. The van der Waals surface area contributed by atoms with Crippen molar-refractivity contribution in [2.24, 2.45) is 0 Å². The first-order valence-electron chi connectivity index (χ1n) is 8.16. The van der Waals surface area contributed by atoms with Crippen molar-refractivity contribution >= 4 is 27.4 Å². The van der Waals surface area contributed by atoms with E-state index in [1.165, 1.54) is 4.68 Å². The van der Waals surface area contributed by atoms with E-state index >= 15 is 0 Å². The summed E-state index contributed by atoms with van der Waals surface area (Å²) in [4.78, 5) is 7.90. The molecule has 144 valence electrons. The van der Waals surface area contributed by atoms with E-state index in [0.717, 1.165) is 23.1 Å². The number of anilines is 1. The quantitative estimate of drug-likeness (QED) is 0.544. The molecule has 0 spiro atoms. The molecule has 0 fully saturated rings. The second kappa shape index (κ2) is 6.57. The van der Waals surface area contributed by atoms with Gasteiger partial charge in [-0.2, -0.15) is 18.3 Å². The summed E-state index contributed by atoms with van der Waals surface area (Å²) < 4.78 is 43.8. The van der Waals surface area contributed by atoms with Crippen LogP contribution in [0.15, 0.2) is 55.0 Å². The molecule has 0 radical (unpaired) electrons. The number of pyridine rings is 1. The molecule has 0 amide bonds. The lowest BCUT2D eigenvalue weighted by atomic mass is 9.96. The molecule has 0 saturated carbocycles. The highest BCUT2D eigenvalue weighted by molar-refractivity contribution is 7.18. The molecule has 1 atom stereocenters. The first-order chi connectivity index (χ1) is 13.3. The molecule has 0 aliphatic rings. The van der Waals surface area contributed by atoms with Gasteiger partial charge in [-0.05, 0) is 29.8 Å². The number of aromatic nitrogens is 4. The highest BCUT2D eigenvalue weighted by Crippen LogP contribution is 2.48. The van der Waals surface area contributed by atoms with E-state index in [4.69, 9.17) is 5.73 Å². The third kappa shape index (κ3) is 2.90. The predicted molar refractivity (Wildman–Crippen MR) is 98.7 cm³/mol. The fourth-order valence-electron chi connectivity index (χ4n) is 2.88. The molecule has 3 aromatic heterocycles. The van der Waals surface area contributed by atoms with Crippen LogP contribution in [0.5, 0.6) is 0 Å². The van der Waals surface area contributed by atoms with Crippen LogP contribution in [0.1, 0.15) is 16.1 Å². The number of alkyl halides is 3. The summed E-state index contributed by atoms with van der Waals surface area (Å²) in [5.74, 6) is -0.282. The maximum atomic E-state index is 14.0. The Morgan fingerprint density at radius 1 is 1.11 bits per heavy atom. The summed E-state index contributed by atoms with van der Waals surface area (Å²) in [7, 11) is 0. The van der Waals surface area contributed by atoms with Gasteiger partial charge >= 0.3 is 6.18 Å². The van der Waals surface area contributed by atoms with Gasteiger partial charge < -0.3 is 10.8 Å². The van der Waals surface area contributed by atoms with E-state index < -0.39 is 22.3 Å². The van der Waals surface area contributed by atoms with Crippen molar-refractivity contribution in [2.45, 2.75) is 18.3 Å². The summed E-state index contributed by atoms with van der Waals surface area (Å²) in [5.41, 5.74) is 3.18. The molecule has 28 heavy (non-hydrogen) atoms.